The van der Waals surface area contributed by atoms with Gasteiger partial charge in [-0.25, -0.2) is 0 Å². The fourth-order valence-electron chi connectivity index (χ4n) is 3.63. The van der Waals surface area contributed by atoms with E-state index in [4.69, 9.17) is 4.74 Å². The number of methoxy groups -OCH3 is 1. The van der Waals surface area contributed by atoms with Crippen LogP contribution in [0.3, 0.4) is 0 Å². The van der Waals surface area contributed by atoms with Gasteiger partial charge >= 0.3 is 0 Å². The summed E-state index contributed by atoms with van der Waals surface area (Å²) in [6, 6.07) is 12.6. The zero-order chi connectivity index (χ0) is 17.1. The number of carbonyl (C=O) groups excluding carboxylic acids is 1. The van der Waals surface area contributed by atoms with Crippen molar-refractivity contribution in [1.29, 1.82) is 0 Å². The molecule has 0 radical (unpaired) electrons. The van der Waals surface area contributed by atoms with Gasteiger partial charge in [-0.15, -0.1) is 0 Å². The summed E-state index contributed by atoms with van der Waals surface area (Å²) >= 11 is 0. The molecule has 3 heteroatoms. The van der Waals surface area contributed by atoms with Crippen molar-refractivity contribution in [2.24, 2.45) is 5.92 Å². The first kappa shape index (κ1) is 16.8. The van der Waals surface area contributed by atoms with E-state index in [1.54, 1.807) is 7.11 Å². The summed E-state index contributed by atoms with van der Waals surface area (Å²) in [6.45, 7) is 4.24. The van der Waals surface area contributed by atoms with E-state index in [0.717, 1.165) is 28.5 Å². The average Bonchev–Trinajstić information content (AvgIpc) is 2.62. The zero-order valence-corrected chi connectivity index (χ0v) is 14.8. The molecular weight excluding hydrogens is 298 g/mol. The minimum Gasteiger partial charge on any atom is -0.497 e. The van der Waals surface area contributed by atoms with Crippen LogP contribution in [0.15, 0.2) is 36.4 Å². The van der Waals surface area contributed by atoms with Crippen LogP contribution < -0.4 is 10.1 Å². The van der Waals surface area contributed by atoms with Gasteiger partial charge in [0.1, 0.15) is 5.75 Å². The van der Waals surface area contributed by atoms with Crippen LogP contribution in [0.4, 0.5) is 0 Å². The quantitative estimate of drug-likeness (QED) is 0.889. The van der Waals surface area contributed by atoms with Crippen molar-refractivity contribution in [2.75, 3.05) is 7.11 Å². The Morgan fingerprint density at radius 2 is 1.83 bits per heavy atom. The maximum Gasteiger partial charge on any atom is 0.227 e. The van der Waals surface area contributed by atoms with E-state index in [-0.39, 0.29) is 11.8 Å². The number of hydrogen-bond acceptors (Lipinski definition) is 2. The molecule has 3 rings (SSSR count). The maximum atomic E-state index is 12.7. The molecule has 1 saturated carbocycles. The van der Waals surface area contributed by atoms with Crippen molar-refractivity contribution >= 4 is 16.7 Å². The van der Waals surface area contributed by atoms with E-state index in [2.05, 4.69) is 30.4 Å². The molecule has 0 bridgehead atoms. The first-order chi connectivity index (χ1) is 11.6. The molecule has 0 aromatic heterocycles. The lowest BCUT2D eigenvalue weighted by molar-refractivity contribution is -0.123. The van der Waals surface area contributed by atoms with Crippen LogP contribution in [-0.2, 0) is 4.79 Å². The number of hydrogen-bond donors (Lipinski definition) is 1. The molecule has 1 fully saturated rings. The normalized spacial score (nSPS) is 22.1. The van der Waals surface area contributed by atoms with Crippen LogP contribution in [0, 0.1) is 5.92 Å². The molecular formula is C21H27NO2. The smallest absolute Gasteiger partial charge is 0.227 e. The minimum atomic E-state index is -0.134. The lowest BCUT2D eigenvalue weighted by Crippen LogP contribution is -2.42. The highest BCUT2D eigenvalue weighted by molar-refractivity contribution is 5.88. The van der Waals surface area contributed by atoms with Crippen molar-refractivity contribution in [2.45, 2.75) is 51.5 Å². The van der Waals surface area contributed by atoms with Gasteiger partial charge in [-0.1, -0.05) is 44.0 Å². The lowest BCUT2D eigenvalue weighted by Gasteiger charge is -2.30. The predicted octanol–water partition coefficient (Wildman–Crippen LogP) is 4.65. The van der Waals surface area contributed by atoms with Gasteiger partial charge in [0.05, 0.1) is 13.0 Å². The summed E-state index contributed by atoms with van der Waals surface area (Å²) in [5.41, 5.74) is 1.06. The molecule has 3 atom stereocenters. The number of ether oxygens (including phenoxy) is 1. The van der Waals surface area contributed by atoms with Gasteiger partial charge in [0.2, 0.25) is 5.91 Å². The first-order valence-corrected chi connectivity index (χ1v) is 8.96. The first-order valence-electron chi connectivity index (χ1n) is 8.96. The molecule has 2 aromatic carbocycles. The van der Waals surface area contributed by atoms with Gasteiger partial charge in [-0.3, -0.25) is 4.79 Å². The minimum absolute atomic E-state index is 0.134. The molecule has 1 aliphatic carbocycles. The molecule has 0 heterocycles. The van der Waals surface area contributed by atoms with E-state index in [1.807, 2.05) is 25.1 Å². The molecule has 3 nitrogen and oxygen atoms in total. The van der Waals surface area contributed by atoms with Crippen LogP contribution in [0.5, 0.6) is 5.75 Å². The van der Waals surface area contributed by atoms with Crippen molar-refractivity contribution in [3.8, 4) is 5.75 Å². The van der Waals surface area contributed by atoms with E-state index in [0.29, 0.717) is 12.0 Å². The van der Waals surface area contributed by atoms with Crippen LogP contribution in [-0.4, -0.2) is 19.1 Å². The van der Waals surface area contributed by atoms with Gasteiger partial charge in [-0.05, 0) is 54.2 Å². The van der Waals surface area contributed by atoms with Crippen molar-refractivity contribution in [1.82, 2.24) is 5.32 Å². The second kappa shape index (κ2) is 7.25. The Balaban J connectivity index is 1.74. The van der Waals surface area contributed by atoms with Gasteiger partial charge in [0.15, 0.2) is 0 Å². The number of carbonyl (C=O) groups is 1. The Kier molecular flexibility index (Phi) is 5.08. The SMILES string of the molecule is COc1ccc2cc([C@H](C)C(=O)N[C@H]3CCCC[C@@H]3C)ccc2c1. The molecule has 0 spiro atoms. The summed E-state index contributed by atoms with van der Waals surface area (Å²) in [5.74, 6) is 1.44. The fraction of sp³-hybridized carbons (Fsp3) is 0.476. The summed E-state index contributed by atoms with van der Waals surface area (Å²) in [5, 5.41) is 5.54. The van der Waals surface area contributed by atoms with Crippen LogP contribution in [0.25, 0.3) is 10.8 Å². The third-order valence-electron chi connectivity index (χ3n) is 5.40. The third-order valence-corrected chi connectivity index (χ3v) is 5.40. The lowest BCUT2D eigenvalue weighted by atomic mass is 9.85. The Hall–Kier alpha value is -2.03. The molecule has 1 N–H and O–H groups in total. The number of benzene rings is 2. The fourth-order valence-corrected chi connectivity index (χ4v) is 3.63. The summed E-state index contributed by atoms with van der Waals surface area (Å²) in [7, 11) is 1.67. The molecule has 24 heavy (non-hydrogen) atoms. The second-order valence-corrected chi connectivity index (χ2v) is 7.07. The highest BCUT2D eigenvalue weighted by Gasteiger charge is 2.25. The van der Waals surface area contributed by atoms with Crippen molar-refractivity contribution < 1.29 is 9.53 Å². The van der Waals surface area contributed by atoms with E-state index < -0.39 is 0 Å². The molecule has 1 amide bonds. The van der Waals surface area contributed by atoms with E-state index >= 15 is 0 Å². The molecule has 1 aliphatic rings. The predicted molar refractivity (Wildman–Crippen MR) is 98.5 cm³/mol. The molecule has 0 unspecified atom stereocenters. The van der Waals surface area contributed by atoms with Crippen LogP contribution in [0.2, 0.25) is 0 Å². The monoisotopic (exact) mass is 325 g/mol. The third kappa shape index (κ3) is 3.55. The Bertz CT molecular complexity index is 725. The van der Waals surface area contributed by atoms with Gasteiger partial charge in [0, 0.05) is 6.04 Å². The van der Waals surface area contributed by atoms with E-state index in [1.165, 1.54) is 19.3 Å². The molecule has 128 valence electrons. The highest BCUT2D eigenvalue weighted by atomic mass is 16.5. The number of amides is 1. The maximum absolute atomic E-state index is 12.7. The Morgan fingerprint density at radius 3 is 2.58 bits per heavy atom. The van der Waals surface area contributed by atoms with Crippen LogP contribution in [0.1, 0.15) is 51.0 Å². The standard InChI is InChI=1S/C21H27NO2/c1-14-6-4-5-7-20(14)22-21(23)15(2)16-8-9-18-13-19(24-3)11-10-17(18)12-16/h8-15,20H,4-7H2,1-3H3,(H,22,23)/t14-,15-,20-/m0/s1. The summed E-state index contributed by atoms with van der Waals surface area (Å²) in [4.78, 5) is 12.7. The topological polar surface area (TPSA) is 38.3 Å². The zero-order valence-electron chi connectivity index (χ0n) is 14.8. The summed E-state index contributed by atoms with van der Waals surface area (Å²) < 4.78 is 5.27. The summed E-state index contributed by atoms with van der Waals surface area (Å²) in [6.07, 6.45) is 4.84. The largest absolute Gasteiger partial charge is 0.497 e. The molecule has 0 saturated heterocycles. The highest BCUT2D eigenvalue weighted by Crippen LogP contribution is 2.27. The van der Waals surface area contributed by atoms with Gasteiger partial charge in [-0.2, -0.15) is 0 Å². The van der Waals surface area contributed by atoms with Crippen molar-refractivity contribution in [3.63, 3.8) is 0 Å². The van der Waals surface area contributed by atoms with Gasteiger partial charge in [0.25, 0.3) is 0 Å². The second-order valence-electron chi connectivity index (χ2n) is 7.07. The molecule has 2 aromatic rings. The Morgan fingerprint density at radius 1 is 1.12 bits per heavy atom. The van der Waals surface area contributed by atoms with Crippen molar-refractivity contribution in [3.05, 3.63) is 42.0 Å². The number of rotatable bonds is 4. The van der Waals surface area contributed by atoms with E-state index in [9.17, 15) is 4.79 Å². The number of nitrogens with one attached hydrogen (secondary N) is 1. The van der Waals surface area contributed by atoms with Gasteiger partial charge < -0.3 is 10.1 Å². The average molecular weight is 325 g/mol. The number of fused-ring (bicyclic) bond motifs is 1. The Labute approximate surface area is 144 Å². The molecule has 0 aliphatic heterocycles. The van der Waals surface area contributed by atoms with Crippen LogP contribution >= 0.6 is 0 Å².